The van der Waals surface area contributed by atoms with Gasteiger partial charge in [0.25, 0.3) is 0 Å². The van der Waals surface area contributed by atoms with Crippen LogP contribution in [0.15, 0.2) is 41.0 Å². The zero-order valence-electron chi connectivity index (χ0n) is 13.0. The van der Waals surface area contributed by atoms with Gasteiger partial charge in [0.1, 0.15) is 19.0 Å². The van der Waals surface area contributed by atoms with Crippen molar-refractivity contribution in [1.29, 1.82) is 0 Å². The molecule has 6 heteroatoms. The van der Waals surface area contributed by atoms with Crippen LogP contribution in [-0.4, -0.2) is 25.3 Å². The molecular weight excluding hydrogens is 296 g/mol. The first-order valence-electron chi connectivity index (χ1n) is 7.66. The fourth-order valence-electron chi connectivity index (χ4n) is 2.44. The largest absolute Gasteiger partial charge is 0.486 e. The van der Waals surface area contributed by atoms with Crippen molar-refractivity contribution >= 4 is 6.03 Å². The van der Waals surface area contributed by atoms with Gasteiger partial charge in [-0.25, -0.2) is 4.79 Å². The summed E-state index contributed by atoms with van der Waals surface area (Å²) in [6.45, 7) is 3.48. The highest BCUT2D eigenvalue weighted by molar-refractivity contribution is 5.74. The zero-order chi connectivity index (χ0) is 16.1. The minimum Gasteiger partial charge on any atom is -0.486 e. The van der Waals surface area contributed by atoms with Gasteiger partial charge in [-0.3, -0.25) is 0 Å². The first-order chi connectivity index (χ1) is 11.2. The summed E-state index contributed by atoms with van der Waals surface area (Å²) >= 11 is 0. The Labute approximate surface area is 134 Å². The Kier molecular flexibility index (Phi) is 4.71. The molecule has 1 aliphatic rings. The fraction of sp³-hybridized carbons (Fsp3) is 0.353. The van der Waals surface area contributed by atoms with Crippen molar-refractivity contribution in [2.24, 2.45) is 0 Å². The molecular formula is C17H20N2O4. The van der Waals surface area contributed by atoms with E-state index in [9.17, 15) is 4.79 Å². The third-order valence-electron chi connectivity index (χ3n) is 3.52. The number of carbonyl (C=O) groups excluding carboxylic acids is 1. The van der Waals surface area contributed by atoms with Crippen molar-refractivity contribution in [2.45, 2.75) is 25.9 Å². The van der Waals surface area contributed by atoms with Crippen LogP contribution >= 0.6 is 0 Å². The minimum atomic E-state index is -0.209. The van der Waals surface area contributed by atoms with E-state index in [1.54, 1.807) is 6.26 Å². The average molecular weight is 316 g/mol. The lowest BCUT2D eigenvalue weighted by molar-refractivity contribution is 0.171. The number of benzene rings is 1. The smallest absolute Gasteiger partial charge is 0.315 e. The van der Waals surface area contributed by atoms with E-state index in [-0.39, 0.29) is 12.1 Å². The molecule has 2 amide bonds. The monoisotopic (exact) mass is 316 g/mol. The van der Waals surface area contributed by atoms with Crippen molar-refractivity contribution in [2.75, 3.05) is 13.2 Å². The molecule has 0 saturated carbocycles. The summed E-state index contributed by atoms with van der Waals surface area (Å²) in [5.74, 6) is 2.32. The van der Waals surface area contributed by atoms with E-state index in [4.69, 9.17) is 13.9 Å². The van der Waals surface area contributed by atoms with Crippen molar-refractivity contribution in [3.8, 4) is 11.5 Å². The van der Waals surface area contributed by atoms with Crippen LogP contribution in [0.3, 0.4) is 0 Å². The molecule has 1 atom stereocenters. The Balaban J connectivity index is 1.47. The van der Waals surface area contributed by atoms with Crippen molar-refractivity contribution in [1.82, 2.24) is 10.6 Å². The first-order valence-corrected chi connectivity index (χ1v) is 7.66. The van der Waals surface area contributed by atoms with Gasteiger partial charge in [0.15, 0.2) is 11.5 Å². The molecule has 1 aliphatic heterocycles. The molecule has 0 spiro atoms. The van der Waals surface area contributed by atoms with Crippen molar-refractivity contribution < 1.29 is 18.7 Å². The van der Waals surface area contributed by atoms with Crippen LogP contribution in [0.5, 0.6) is 11.5 Å². The Bertz CT molecular complexity index is 655. The Morgan fingerprint density at radius 1 is 1.22 bits per heavy atom. The zero-order valence-corrected chi connectivity index (χ0v) is 13.0. The molecule has 23 heavy (non-hydrogen) atoms. The predicted molar refractivity (Wildman–Crippen MR) is 84.7 cm³/mol. The van der Waals surface area contributed by atoms with Gasteiger partial charge in [-0.2, -0.15) is 0 Å². The topological polar surface area (TPSA) is 72.7 Å². The molecule has 2 heterocycles. The molecule has 6 nitrogen and oxygen atoms in total. The molecule has 122 valence electrons. The van der Waals surface area contributed by atoms with Crippen LogP contribution in [0, 0.1) is 0 Å². The fourth-order valence-corrected chi connectivity index (χ4v) is 2.44. The quantitative estimate of drug-likeness (QED) is 0.889. The number of nitrogens with one attached hydrogen (secondary N) is 2. The summed E-state index contributed by atoms with van der Waals surface area (Å²) in [5, 5.41) is 5.72. The van der Waals surface area contributed by atoms with E-state index in [2.05, 4.69) is 10.6 Å². The lowest BCUT2D eigenvalue weighted by Gasteiger charge is -2.19. The number of fused-ring (bicyclic) bond motifs is 1. The lowest BCUT2D eigenvalue weighted by Crippen LogP contribution is -2.41. The minimum absolute atomic E-state index is 0.0126. The highest BCUT2D eigenvalue weighted by atomic mass is 16.6. The maximum Gasteiger partial charge on any atom is 0.315 e. The summed E-state index contributed by atoms with van der Waals surface area (Å²) in [6, 6.07) is 9.18. The van der Waals surface area contributed by atoms with E-state index in [1.807, 2.05) is 37.3 Å². The first kappa shape index (κ1) is 15.3. The number of ether oxygens (including phenoxy) is 2. The molecule has 0 fully saturated rings. The average Bonchev–Trinajstić information content (AvgIpc) is 3.05. The predicted octanol–water partition coefficient (Wildman–Crippen LogP) is 2.48. The molecule has 2 N–H and O–H groups in total. The molecule has 0 aliphatic carbocycles. The molecule has 0 saturated heterocycles. The van der Waals surface area contributed by atoms with Gasteiger partial charge in [0.05, 0.1) is 6.26 Å². The van der Waals surface area contributed by atoms with Crippen LogP contribution in [0.2, 0.25) is 0 Å². The number of urea groups is 1. The summed E-state index contributed by atoms with van der Waals surface area (Å²) in [7, 11) is 0. The number of hydrogen-bond acceptors (Lipinski definition) is 4. The lowest BCUT2D eigenvalue weighted by atomic mass is 10.2. The van der Waals surface area contributed by atoms with Gasteiger partial charge in [-0.05, 0) is 36.8 Å². The molecule has 1 aromatic carbocycles. The van der Waals surface area contributed by atoms with Crippen LogP contribution in [-0.2, 0) is 13.0 Å². The summed E-state index contributed by atoms with van der Waals surface area (Å²) in [5.41, 5.74) is 0.961. The highest BCUT2D eigenvalue weighted by Gasteiger charge is 2.13. The third-order valence-corrected chi connectivity index (χ3v) is 3.52. The molecule has 1 unspecified atom stereocenters. The van der Waals surface area contributed by atoms with Gasteiger partial charge >= 0.3 is 6.03 Å². The van der Waals surface area contributed by atoms with Crippen LogP contribution in [0.4, 0.5) is 4.79 Å². The Morgan fingerprint density at radius 3 is 2.83 bits per heavy atom. The van der Waals surface area contributed by atoms with Crippen LogP contribution < -0.4 is 20.1 Å². The number of carbonyl (C=O) groups is 1. The van der Waals surface area contributed by atoms with Gasteiger partial charge in [0, 0.05) is 19.0 Å². The van der Waals surface area contributed by atoms with Crippen molar-refractivity contribution in [3.63, 3.8) is 0 Å². The number of rotatable bonds is 5. The van der Waals surface area contributed by atoms with Gasteiger partial charge < -0.3 is 24.5 Å². The maximum absolute atomic E-state index is 11.9. The summed E-state index contributed by atoms with van der Waals surface area (Å²) in [4.78, 5) is 11.9. The number of furan rings is 1. The highest BCUT2D eigenvalue weighted by Crippen LogP contribution is 2.30. The van der Waals surface area contributed by atoms with E-state index >= 15 is 0 Å². The van der Waals surface area contributed by atoms with Gasteiger partial charge in [-0.1, -0.05) is 6.07 Å². The molecule has 2 aromatic rings. The molecule has 0 radical (unpaired) electrons. The van der Waals surface area contributed by atoms with Gasteiger partial charge in [-0.15, -0.1) is 0 Å². The summed E-state index contributed by atoms with van der Waals surface area (Å²) < 4.78 is 16.3. The second-order valence-corrected chi connectivity index (χ2v) is 5.49. The Hall–Kier alpha value is -2.63. The normalized spacial score (nSPS) is 14.1. The molecule has 3 rings (SSSR count). The third kappa shape index (κ3) is 4.18. The van der Waals surface area contributed by atoms with Crippen LogP contribution in [0.25, 0.3) is 0 Å². The molecule has 0 bridgehead atoms. The number of amides is 2. The van der Waals surface area contributed by atoms with Gasteiger partial charge in [0.2, 0.25) is 0 Å². The van der Waals surface area contributed by atoms with E-state index in [0.717, 1.165) is 22.8 Å². The molecule has 1 aromatic heterocycles. The SMILES string of the molecule is CC(Cc1ccco1)NC(=O)NCc1ccc2c(c1)OCCO2. The second kappa shape index (κ2) is 7.09. The maximum atomic E-state index is 11.9. The number of hydrogen-bond donors (Lipinski definition) is 2. The second-order valence-electron chi connectivity index (χ2n) is 5.49. The standard InChI is InChI=1S/C17H20N2O4/c1-12(9-14-3-2-6-21-14)19-17(20)18-11-13-4-5-15-16(10-13)23-8-7-22-15/h2-6,10,12H,7-9,11H2,1H3,(H2,18,19,20). The Morgan fingerprint density at radius 2 is 2.04 bits per heavy atom. The van der Waals surface area contributed by atoms with E-state index in [0.29, 0.717) is 26.2 Å². The van der Waals surface area contributed by atoms with E-state index < -0.39 is 0 Å². The van der Waals surface area contributed by atoms with Crippen LogP contribution in [0.1, 0.15) is 18.2 Å². The summed E-state index contributed by atoms with van der Waals surface area (Å²) in [6.07, 6.45) is 2.29. The van der Waals surface area contributed by atoms with E-state index in [1.165, 1.54) is 0 Å². The van der Waals surface area contributed by atoms with Crippen molar-refractivity contribution in [3.05, 3.63) is 47.9 Å².